The number of carbonyl (C=O) groups is 1. The van der Waals surface area contributed by atoms with Crippen molar-refractivity contribution in [1.82, 2.24) is 10.2 Å². The van der Waals surface area contributed by atoms with Crippen LogP contribution in [0.3, 0.4) is 0 Å². The number of ether oxygens (including phenoxy) is 2. The molecule has 0 saturated carbocycles. The fraction of sp³-hybridized carbons (Fsp3) is 0.562. The van der Waals surface area contributed by atoms with Gasteiger partial charge in [0.15, 0.2) is 0 Å². The van der Waals surface area contributed by atoms with Crippen LogP contribution >= 0.6 is 12.4 Å². The highest BCUT2D eigenvalue weighted by molar-refractivity contribution is 5.85. The number of carbonyl (C=O) groups excluding carboxylic acids is 1. The zero-order valence-corrected chi connectivity index (χ0v) is 14.9. The van der Waals surface area contributed by atoms with Gasteiger partial charge < -0.3 is 19.7 Å². The molecule has 0 aliphatic carbocycles. The molecule has 1 saturated heterocycles. The van der Waals surface area contributed by atoms with E-state index in [0.717, 1.165) is 0 Å². The zero-order valence-electron chi connectivity index (χ0n) is 14.1. The molecule has 142 valence electrons. The number of piperidine rings is 1. The summed E-state index contributed by atoms with van der Waals surface area (Å²) in [6, 6.07) is 5.61. The number of likely N-dealkylation sites (N-methyl/N-ethyl adjacent to an activating group) is 1. The van der Waals surface area contributed by atoms with Gasteiger partial charge in [0.2, 0.25) is 0 Å². The Kier molecular flexibility index (Phi) is 7.52. The Morgan fingerprint density at radius 2 is 1.96 bits per heavy atom. The Hall–Kier alpha value is -1.51. The monoisotopic (exact) mass is 382 g/mol. The molecule has 1 aromatic carbocycles. The summed E-state index contributed by atoms with van der Waals surface area (Å²) in [5, 5.41) is 3.17. The van der Waals surface area contributed by atoms with Gasteiger partial charge in [-0.3, -0.25) is 4.79 Å². The molecule has 0 atom stereocenters. The number of nitrogens with zero attached hydrogens (tertiary/aromatic N) is 1. The molecule has 2 rings (SSSR count). The molecule has 1 amide bonds. The van der Waals surface area contributed by atoms with E-state index >= 15 is 0 Å². The summed E-state index contributed by atoms with van der Waals surface area (Å²) in [6.07, 6.45) is -3.62. The summed E-state index contributed by atoms with van der Waals surface area (Å²) in [4.78, 5) is 14.2. The Morgan fingerprint density at radius 1 is 1.32 bits per heavy atom. The second kappa shape index (κ2) is 8.73. The summed E-state index contributed by atoms with van der Waals surface area (Å²) in [5.74, 6) is -0.474. The van der Waals surface area contributed by atoms with Crippen LogP contribution < -0.4 is 10.1 Å². The van der Waals surface area contributed by atoms with Crippen LogP contribution in [0.2, 0.25) is 0 Å². The number of alkyl halides is 3. The van der Waals surface area contributed by atoms with Gasteiger partial charge in [-0.15, -0.1) is 25.6 Å². The average molecular weight is 383 g/mol. The van der Waals surface area contributed by atoms with Crippen molar-refractivity contribution in [2.45, 2.75) is 31.3 Å². The van der Waals surface area contributed by atoms with Gasteiger partial charge in [-0.05, 0) is 43.6 Å². The van der Waals surface area contributed by atoms with Crippen LogP contribution in [0.15, 0.2) is 24.3 Å². The van der Waals surface area contributed by atoms with Crippen molar-refractivity contribution in [3.63, 3.8) is 0 Å². The Labute approximate surface area is 150 Å². The Morgan fingerprint density at radius 3 is 2.52 bits per heavy atom. The molecule has 1 aliphatic heterocycles. The molecule has 0 unspecified atom stereocenters. The molecule has 1 N–H and O–H groups in total. The van der Waals surface area contributed by atoms with Crippen LogP contribution in [0.25, 0.3) is 0 Å². The largest absolute Gasteiger partial charge is 0.573 e. The van der Waals surface area contributed by atoms with Gasteiger partial charge in [-0.2, -0.15) is 0 Å². The molecule has 1 heterocycles. The summed E-state index contributed by atoms with van der Waals surface area (Å²) in [5.41, 5.74) is -0.326. The van der Waals surface area contributed by atoms with E-state index in [1.165, 1.54) is 30.2 Å². The third-order valence-corrected chi connectivity index (χ3v) is 4.09. The van der Waals surface area contributed by atoms with E-state index < -0.39 is 12.0 Å². The van der Waals surface area contributed by atoms with Crippen molar-refractivity contribution >= 4 is 18.3 Å². The average Bonchev–Trinajstić information content (AvgIpc) is 2.53. The van der Waals surface area contributed by atoms with Crippen molar-refractivity contribution in [2.75, 3.05) is 27.2 Å². The normalized spacial score (nSPS) is 16.7. The summed E-state index contributed by atoms with van der Waals surface area (Å²) < 4.78 is 46.3. The van der Waals surface area contributed by atoms with Gasteiger partial charge in [0, 0.05) is 20.7 Å². The van der Waals surface area contributed by atoms with Gasteiger partial charge in [0.25, 0.3) is 5.91 Å². The predicted molar refractivity (Wildman–Crippen MR) is 88.7 cm³/mol. The van der Waals surface area contributed by atoms with E-state index in [1.807, 2.05) is 0 Å². The molecule has 9 heteroatoms. The standard InChI is InChI=1S/C16H21F3N2O3.ClH/c1-21(14(22)15(23-2)6-8-20-9-7-15)11-12-4-3-5-13(10-12)24-16(17,18)19;/h3-5,10,20H,6-9,11H2,1-2H3;1H. The molecule has 0 spiro atoms. The van der Waals surface area contributed by atoms with E-state index in [9.17, 15) is 18.0 Å². The zero-order chi connectivity index (χ0) is 17.8. The fourth-order valence-corrected chi connectivity index (χ4v) is 2.87. The highest BCUT2D eigenvalue weighted by Gasteiger charge is 2.41. The van der Waals surface area contributed by atoms with Crippen LogP contribution in [-0.2, 0) is 16.1 Å². The lowest BCUT2D eigenvalue weighted by Crippen LogP contribution is -2.54. The highest BCUT2D eigenvalue weighted by atomic mass is 35.5. The molecule has 0 bridgehead atoms. The van der Waals surface area contributed by atoms with Crippen molar-refractivity contribution < 1.29 is 27.4 Å². The molecule has 1 aliphatic rings. The first-order valence-corrected chi connectivity index (χ1v) is 7.62. The van der Waals surface area contributed by atoms with Crippen molar-refractivity contribution in [2.24, 2.45) is 0 Å². The maximum absolute atomic E-state index is 12.7. The lowest BCUT2D eigenvalue weighted by atomic mass is 9.90. The first-order chi connectivity index (χ1) is 11.3. The number of rotatable bonds is 5. The summed E-state index contributed by atoms with van der Waals surface area (Å²) in [7, 11) is 3.12. The van der Waals surface area contributed by atoms with E-state index in [1.54, 1.807) is 13.1 Å². The van der Waals surface area contributed by atoms with Crippen LogP contribution in [0.1, 0.15) is 18.4 Å². The molecule has 25 heavy (non-hydrogen) atoms. The third kappa shape index (κ3) is 5.76. The molecular weight excluding hydrogens is 361 g/mol. The van der Waals surface area contributed by atoms with E-state index in [0.29, 0.717) is 31.5 Å². The minimum absolute atomic E-state index is 0. The summed E-state index contributed by atoms with van der Waals surface area (Å²) >= 11 is 0. The second-order valence-electron chi connectivity index (χ2n) is 5.80. The second-order valence-corrected chi connectivity index (χ2v) is 5.80. The Bertz CT molecular complexity index is 578. The lowest BCUT2D eigenvalue weighted by Gasteiger charge is -2.37. The number of hydrogen-bond donors (Lipinski definition) is 1. The van der Waals surface area contributed by atoms with Crippen LogP contribution in [-0.4, -0.2) is 50.0 Å². The van der Waals surface area contributed by atoms with E-state index in [-0.39, 0.29) is 30.6 Å². The highest BCUT2D eigenvalue weighted by Crippen LogP contribution is 2.27. The molecule has 1 fully saturated rings. The predicted octanol–water partition coefficient (Wildman–Crippen LogP) is 2.73. The number of amides is 1. The van der Waals surface area contributed by atoms with Gasteiger partial charge in [-0.1, -0.05) is 12.1 Å². The number of methoxy groups -OCH3 is 1. The maximum Gasteiger partial charge on any atom is 0.573 e. The van der Waals surface area contributed by atoms with E-state index in [2.05, 4.69) is 10.1 Å². The number of benzene rings is 1. The smallest absolute Gasteiger partial charge is 0.406 e. The molecule has 1 aromatic rings. The van der Waals surface area contributed by atoms with Crippen molar-refractivity contribution in [1.29, 1.82) is 0 Å². The van der Waals surface area contributed by atoms with Gasteiger partial charge in [-0.25, -0.2) is 0 Å². The minimum Gasteiger partial charge on any atom is -0.406 e. The molecule has 5 nitrogen and oxygen atoms in total. The number of halogens is 4. The quantitative estimate of drug-likeness (QED) is 0.850. The first kappa shape index (κ1) is 21.5. The van der Waals surface area contributed by atoms with Crippen LogP contribution in [0.4, 0.5) is 13.2 Å². The first-order valence-electron chi connectivity index (χ1n) is 7.62. The van der Waals surface area contributed by atoms with Crippen LogP contribution in [0, 0.1) is 0 Å². The Balaban J connectivity index is 0.00000312. The molecule has 0 radical (unpaired) electrons. The number of nitrogens with one attached hydrogen (secondary N) is 1. The van der Waals surface area contributed by atoms with Crippen molar-refractivity contribution in [3.8, 4) is 5.75 Å². The lowest BCUT2D eigenvalue weighted by molar-refractivity contribution is -0.274. The minimum atomic E-state index is -4.74. The van der Waals surface area contributed by atoms with Gasteiger partial charge in [0.05, 0.1) is 0 Å². The fourth-order valence-electron chi connectivity index (χ4n) is 2.87. The summed E-state index contributed by atoms with van der Waals surface area (Å²) in [6.45, 7) is 1.54. The molecule has 0 aromatic heterocycles. The van der Waals surface area contributed by atoms with E-state index in [4.69, 9.17) is 4.74 Å². The van der Waals surface area contributed by atoms with Gasteiger partial charge in [0.1, 0.15) is 11.4 Å². The van der Waals surface area contributed by atoms with Crippen molar-refractivity contribution in [3.05, 3.63) is 29.8 Å². The third-order valence-electron chi connectivity index (χ3n) is 4.09. The SMILES string of the molecule is COC1(C(=O)N(C)Cc2cccc(OC(F)(F)F)c2)CCNCC1.Cl. The van der Waals surface area contributed by atoms with Gasteiger partial charge >= 0.3 is 6.36 Å². The number of hydrogen-bond acceptors (Lipinski definition) is 4. The van der Waals surface area contributed by atoms with Crippen LogP contribution in [0.5, 0.6) is 5.75 Å². The maximum atomic E-state index is 12.7. The molecular formula is C16H22ClF3N2O3. The topological polar surface area (TPSA) is 50.8 Å².